The van der Waals surface area contributed by atoms with Gasteiger partial charge in [0.15, 0.2) is 0 Å². The number of rotatable bonds is 6. The van der Waals surface area contributed by atoms with Gasteiger partial charge in [0, 0.05) is 12.7 Å². The molecule has 0 aliphatic carbocycles. The molecule has 1 aromatic heterocycles. The molecule has 0 atom stereocenters. The van der Waals surface area contributed by atoms with Crippen molar-refractivity contribution in [2.75, 3.05) is 11.9 Å². The van der Waals surface area contributed by atoms with Gasteiger partial charge in [-0.25, -0.2) is 9.78 Å². The summed E-state index contributed by atoms with van der Waals surface area (Å²) in [7, 11) is 1.96. The third-order valence-corrected chi connectivity index (χ3v) is 4.07. The minimum absolute atomic E-state index is 0. The van der Waals surface area contributed by atoms with Gasteiger partial charge in [0.2, 0.25) is 0 Å². The average molecular weight is 388 g/mol. The van der Waals surface area contributed by atoms with Crippen molar-refractivity contribution in [2.45, 2.75) is 13.5 Å². The molecule has 1 heterocycles. The van der Waals surface area contributed by atoms with Crippen LogP contribution in [0.3, 0.4) is 0 Å². The Kier molecular flexibility index (Phi) is 6.79. The number of hydrogen-bond acceptors (Lipinski definition) is 6. The third-order valence-electron chi connectivity index (χ3n) is 4.07. The van der Waals surface area contributed by atoms with E-state index in [4.69, 9.17) is 10.6 Å². The number of esters is 1. The van der Waals surface area contributed by atoms with Crippen molar-refractivity contribution >= 4 is 41.3 Å². The highest BCUT2D eigenvalue weighted by Crippen LogP contribution is 2.18. The zero-order valence-electron chi connectivity index (χ0n) is 15.2. The molecule has 7 nitrogen and oxygen atoms in total. The van der Waals surface area contributed by atoms with E-state index in [1.165, 1.54) is 0 Å². The van der Waals surface area contributed by atoms with E-state index in [1.54, 1.807) is 25.3 Å². The summed E-state index contributed by atoms with van der Waals surface area (Å²) < 4.78 is 7.05. The summed E-state index contributed by atoms with van der Waals surface area (Å²) in [5, 5.41) is 6.84. The van der Waals surface area contributed by atoms with Crippen molar-refractivity contribution < 1.29 is 9.53 Å². The van der Waals surface area contributed by atoms with Gasteiger partial charge in [-0.2, -0.15) is 5.10 Å². The molecule has 0 radical (unpaired) electrons. The van der Waals surface area contributed by atoms with E-state index in [1.807, 2.05) is 41.9 Å². The fourth-order valence-corrected chi connectivity index (χ4v) is 2.70. The molecule has 0 fully saturated rings. The molecule has 0 aliphatic heterocycles. The Hall–Kier alpha value is -3.06. The van der Waals surface area contributed by atoms with Crippen LogP contribution in [0.5, 0.6) is 0 Å². The van der Waals surface area contributed by atoms with Crippen molar-refractivity contribution in [1.29, 1.82) is 0 Å². The fraction of sp³-hybridized carbons (Fsp3) is 0.211. The van der Waals surface area contributed by atoms with Crippen LogP contribution in [-0.4, -0.2) is 28.3 Å². The SMILES string of the molecule is CCOC(=O)c1ccc2c(c1)nc(CNc1ccc(/C=N/N)cc1)n2C.Cl. The lowest BCUT2D eigenvalue weighted by molar-refractivity contribution is 0.0526. The van der Waals surface area contributed by atoms with Crippen molar-refractivity contribution in [1.82, 2.24) is 9.55 Å². The Balaban J connectivity index is 0.00000261. The first-order valence-electron chi connectivity index (χ1n) is 8.32. The molecule has 3 N–H and O–H groups in total. The summed E-state index contributed by atoms with van der Waals surface area (Å²) in [6.45, 7) is 2.70. The molecule has 27 heavy (non-hydrogen) atoms. The molecule has 0 bridgehead atoms. The molecular formula is C19H22ClN5O2. The van der Waals surface area contributed by atoms with E-state index >= 15 is 0 Å². The number of hydrogen-bond donors (Lipinski definition) is 2. The van der Waals surface area contributed by atoms with Gasteiger partial charge in [0.1, 0.15) is 5.82 Å². The lowest BCUT2D eigenvalue weighted by Crippen LogP contribution is -2.06. The second-order valence-corrected chi connectivity index (χ2v) is 5.76. The molecule has 0 amide bonds. The van der Waals surface area contributed by atoms with Gasteiger partial charge in [-0.1, -0.05) is 12.1 Å². The number of benzene rings is 2. The molecule has 0 saturated heterocycles. The first-order valence-corrected chi connectivity index (χ1v) is 8.32. The lowest BCUT2D eigenvalue weighted by Gasteiger charge is -2.07. The van der Waals surface area contributed by atoms with Crippen LogP contribution in [0.2, 0.25) is 0 Å². The molecule has 3 rings (SSSR count). The van der Waals surface area contributed by atoms with Crippen molar-refractivity contribution in [3.05, 3.63) is 59.4 Å². The van der Waals surface area contributed by atoms with Crippen LogP contribution < -0.4 is 11.2 Å². The van der Waals surface area contributed by atoms with Gasteiger partial charge < -0.3 is 20.5 Å². The minimum atomic E-state index is -0.333. The Morgan fingerprint density at radius 3 is 2.70 bits per heavy atom. The van der Waals surface area contributed by atoms with Gasteiger partial charge in [-0.15, -0.1) is 12.4 Å². The standard InChI is InChI=1S/C19H21N5O2.ClH/c1-3-26-19(25)14-6-9-17-16(10-14)23-18(24(17)2)12-21-15-7-4-13(5-8-15)11-22-20;/h4-11,21H,3,12,20H2,1-2H3;1H/b22-11+;. The highest BCUT2D eigenvalue weighted by Gasteiger charge is 2.12. The second-order valence-electron chi connectivity index (χ2n) is 5.76. The van der Waals surface area contributed by atoms with Gasteiger partial charge in [-0.3, -0.25) is 0 Å². The van der Waals surface area contributed by atoms with Crippen LogP contribution >= 0.6 is 12.4 Å². The topological polar surface area (TPSA) is 94.5 Å². The maximum atomic E-state index is 11.9. The highest BCUT2D eigenvalue weighted by molar-refractivity contribution is 5.93. The molecule has 3 aromatic rings. The van der Waals surface area contributed by atoms with Gasteiger partial charge >= 0.3 is 5.97 Å². The number of carbonyl (C=O) groups excluding carboxylic acids is 1. The molecule has 142 valence electrons. The molecular weight excluding hydrogens is 366 g/mol. The van der Waals surface area contributed by atoms with Crippen LogP contribution in [0, 0.1) is 0 Å². The molecule has 0 saturated carbocycles. The molecule has 0 unspecified atom stereocenters. The Morgan fingerprint density at radius 2 is 2.04 bits per heavy atom. The predicted molar refractivity (Wildman–Crippen MR) is 109 cm³/mol. The quantitative estimate of drug-likeness (QED) is 0.293. The van der Waals surface area contributed by atoms with E-state index in [2.05, 4.69) is 15.4 Å². The number of halogens is 1. The minimum Gasteiger partial charge on any atom is -0.462 e. The zero-order valence-corrected chi connectivity index (χ0v) is 16.0. The fourth-order valence-electron chi connectivity index (χ4n) is 2.70. The predicted octanol–water partition coefficient (Wildman–Crippen LogP) is 3.08. The van der Waals surface area contributed by atoms with Gasteiger partial charge in [-0.05, 0) is 42.8 Å². The monoisotopic (exact) mass is 387 g/mol. The number of nitrogens with one attached hydrogen (secondary N) is 1. The average Bonchev–Trinajstić information content (AvgIpc) is 2.97. The normalized spacial score (nSPS) is 10.7. The van der Waals surface area contributed by atoms with E-state index < -0.39 is 0 Å². The van der Waals surface area contributed by atoms with Crippen LogP contribution in [0.4, 0.5) is 5.69 Å². The number of nitrogens with two attached hydrogens (primary N) is 1. The van der Waals surface area contributed by atoms with Crippen molar-refractivity contribution in [3.63, 3.8) is 0 Å². The maximum Gasteiger partial charge on any atom is 0.338 e. The molecule has 8 heteroatoms. The number of aryl methyl sites for hydroxylation is 1. The smallest absolute Gasteiger partial charge is 0.338 e. The number of anilines is 1. The Morgan fingerprint density at radius 1 is 1.30 bits per heavy atom. The van der Waals surface area contributed by atoms with Crippen LogP contribution in [0.25, 0.3) is 11.0 Å². The zero-order chi connectivity index (χ0) is 18.5. The van der Waals surface area contributed by atoms with Gasteiger partial charge in [0.25, 0.3) is 0 Å². The summed E-state index contributed by atoms with van der Waals surface area (Å²) in [4.78, 5) is 16.5. The second kappa shape index (κ2) is 9.05. The van der Waals surface area contributed by atoms with Crippen molar-refractivity contribution in [2.24, 2.45) is 18.0 Å². The van der Waals surface area contributed by atoms with Crippen LogP contribution in [0.15, 0.2) is 47.6 Å². The van der Waals surface area contributed by atoms with Crippen LogP contribution in [0.1, 0.15) is 28.7 Å². The van der Waals surface area contributed by atoms with E-state index in [-0.39, 0.29) is 18.4 Å². The van der Waals surface area contributed by atoms with Crippen LogP contribution in [-0.2, 0) is 18.3 Å². The largest absolute Gasteiger partial charge is 0.462 e. The van der Waals surface area contributed by atoms with E-state index in [9.17, 15) is 4.79 Å². The number of ether oxygens (including phenoxy) is 1. The molecule has 0 aliphatic rings. The summed E-state index contributed by atoms with van der Waals surface area (Å²) in [5.74, 6) is 5.68. The summed E-state index contributed by atoms with van der Waals surface area (Å²) in [5.41, 5.74) is 4.15. The number of hydrazone groups is 1. The summed E-state index contributed by atoms with van der Waals surface area (Å²) in [6.07, 6.45) is 1.59. The van der Waals surface area contributed by atoms with Crippen molar-refractivity contribution in [3.8, 4) is 0 Å². The van der Waals surface area contributed by atoms with E-state index in [0.717, 1.165) is 28.1 Å². The highest BCUT2D eigenvalue weighted by atomic mass is 35.5. The maximum absolute atomic E-state index is 11.9. The Bertz CT molecular complexity index is 951. The van der Waals surface area contributed by atoms with E-state index in [0.29, 0.717) is 18.7 Å². The number of imidazole rings is 1. The molecule has 2 aromatic carbocycles. The van der Waals surface area contributed by atoms with Gasteiger partial charge in [0.05, 0.1) is 36.0 Å². The first kappa shape index (κ1) is 20.3. The number of carbonyl (C=O) groups is 1. The first-order chi connectivity index (χ1) is 12.6. The Labute approximate surface area is 163 Å². The number of aromatic nitrogens is 2. The summed E-state index contributed by atoms with van der Waals surface area (Å²) >= 11 is 0. The number of fused-ring (bicyclic) bond motifs is 1. The molecule has 0 spiro atoms. The summed E-state index contributed by atoms with van der Waals surface area (Å²) in [6, 6.07) is 13.2. The number of nitrogens with zero attached hydrogens (tertiary/aromatic N) is 3. The lowest BCUT2D eigenvalue weighted by atomic mass is 10.2. The third kappa shape index (κ3) is 4.57.